The minimum absolute atomic E-state index is 0.0631. The van der Waals surface area contributed by atoms with Crippen molar-refractivity contribution in [3.63, 3.8) is 0 Å². The first-order valence-electron chi connectivity index (χ1n) is 4.59. The van der Waals surface area contributed by atoms with Crippen LogP contribution in [-0.4, -0.2) is 18.2 Å². The number of benzene rings is 1. The van der Waals surface area contributed by atoms with Gasteiger partial charge >= 0.3 is 5.97 Å². The summed E-state index contributed by atoms with van der Waals surface area (Å²) in [6, 6.07) is 3.73. The Morgan fingerprint density at radius 2 is 2.18 bits per heavy atom. The summed E-state index contributed by atoms with van der Waals surface area (Å²) in [4.78, 5) is 22.7. The number of fused-ring (bicyclic) bond motifs is 1. The summed E-state index contributed by atoms with van der Waals surface area (Å²) >= 11 is 0. The second-order valence-corrected chi connectivity index (χ2v) is 3.22. The second kappa shape index (κ2) is 3.89. The van der Waals surface area contributed by atoms with E-state index < -0.39 is 34.3 Å². The van der Waals surface area contributed by atoms with Crippen LogP contribution in [0.4, 0.5) is 4.39 Å². The van der Waals surface area contributed by atoms with E-state index in [1.807, 2.05) is 0 Å². The van der Waals surface area contributed by atoms with Gasteiger partial charge in [-0.1, -0.05) is 6.07 Å². The summed E-state index contributed by atoms with van der Waals surface area (Å²) in [6.45, 7) is 0. The Bertz CT molecular complexity index is 659. The van der Waals surface area contributed by atoms with Gasteiger partial charge in [-0.25, -0.2) is 9.18 Å². The molecule has 0 unspecified atom stereocenters. The molecular weight excluding hydrogens is 231 g/mol. The Hall–Kier alpha value is -2.37. The van der Waals surface area contributed by atoms with Crippen LogP contribution in [0, 0.1) is 5.82 Å². The molecule has 0 fully saturated rings. The number of hydrogen-bond acceptors (Lipinski definition) is 4. The van der Waals surface area contributed by atoms with Crippen LogP contribution >= 0.6 is 0 Å². The van der Waals surface area contributed by atoms with Crippen molar-refractivity contribution in [2.45, 2.75) is 0 Å². The first-order chi connectivity index (χ1) is 8.06. The molecule has 2 rings (SSSR count). The molecule has 0 saturated heterocycles. The van der Waals surface area contributed by atoms with E-state index in [2.05, 4.69) is 4.74 Å². The molecule has 2 aromatic rings. The zero-order valence-electron chi connectivity index (χ0n) is 8.69. The Balaban J connectivity index is 2.98. The lowest BCUT2D eigenvalue weighted by atomic mass is 10.2. The van der Waals surface area contributed by atoms with Gasteiger partial charge in [0.25, 0.3) is 5.76 Å². The number of ether oxygens (including phenoxy) is 1. The first kappa shape index (κ1) is 11.1. The number of methoxy groups -OCH3 is 1. The highest BCUT2D eigenvalue weighted by atomic mass is 19.1. The van der Waals surface area contributed by atoms with Crippen molar-refractivity contribution in [3.05, 3.63) is 40.0 Å². The largest absolute Gasteiger partial charge is 0.489 e. The number of carboxylic acid groups (broad SMARTS) is 1. The van der Waals surface area contributed by atoms with Crippen molar-refractivity contribution in [2.24, 2.45) is 0 Å². The number of carbonyl (C=O) groups is 1. The lowest BCUT2D eigenvalue weighted by Gasteiger charge is -2.05. The van der Waals surface area contributed by atoms with Gasteiger partial charge in [-0.15, -0.1) is 0 Å². The highest BCUT2D eigenvalue weighted by Gasteiger charge is 2.21. The van der Waals surface area contributed by atoms with Gasteiger partial charge in [-0.3, -0.25) is 4.79 Å². The third kappa shape index (κ3) is 1.63. The number of aromatic carboxylic acids is 1. The van der Waals surface area contributed by atoms with E-state index in [9.17, 15) is 14.0 Å². The van der Waals surface area contributed by atoms with E-state index in [1.165, 1.54) is 12.1 Å². The van der Waals surface area contributed by atoms with Crippen LogP contribution in [0.5, 0.6) is 5.75 Å². The van der Waals surface area contributed by atoms with Crippen molar-refractivity contribution in [3.8, 4) is 5.75 Å². The maximum absolute atomic E-state index is 13.4. The zero-order valence-corrected chi connectivity index (χ0v) is 8.69. The number of carboxylic acids is 1. The van der Waals surface area contributed by atoms with E-state index in [4.69, 9.17) is 9.52 Å². The molecule has 0 saturated carbocycles. The van der Waals surface area contributed by atoms with Crippen molar-refractivity contribution in [2.75, 3.05) is 7.11 Å². The average molecular weight is 238 g/mol. The molecular formula is C11H7FO5. The molecule has 0 amide bonds. The van der Waals surface area contributed by atoms with Crippen LogP contribution in [0.25, 0.3) is 11.0 Å². The molecule has 0 aliphatic carbocycles. The van der Waals surface area contributed by atoms with Crippen LogP contribution in [-0.2, 0) is 0 Å². The quantitative estimate of drug-likeness (QED) is 0.860. The third-order valence-electron chi connectivity index (χ3n) is 2.23. The lowest BCUT2D eigenvalue weighted by molar-refractivity contribution is 0.0657. The van der Waals surface area contributed by atoms with Gasteiger partial charge < -0.3 is 14.3 Å². The van der Waals surface area contributed by atoms with Crippen LogP contribution in [0.15, 0.2) is 27.4 Å². The Labute approximate surface area is 94.0 Å². The highest BCUT2D eigenvalue weighted by molar-refractivity contribution is 5.91. The fourth-order valence-corrected chi connectivity index (χ4v) is 1.49. The average Bonchev–Trinajstić information content (AvgIpc) is 2.30. The molecule has 1 N–H and O–H groups in total. The van der Waals surface area contributed by atoms with Crippen molar-refractivity contribution < 1.29 is 23.4 Å². The van der Waals surface area contributed by atoms with E-state index in [0.717, 1.165) is 13.2 Å². The standard InChI is InChI=1S/C11H7FO5/c1-16-9-7(13)5-3-2-4-6(12)8(5)17-10(9)11(14)15/h2-4H,1H3,(H,14,15). The van der Waals surface area contributed by atoms with E-state index in [1.54, 1.807) is 0 Å². The number of hydrogen-bond donors (Lipinski definition) is 1. The van der Waals surface area contributed by atoms with Gasteiger partial charge in [0.2, 0.25) is 11.2 Å². The minimum atomic E-state index is -1.50. The second-order valence-electron chi connectivity index (χ2n) is 3.22. The topological polar surface area (TPSA) is 76.7 Å². The molecule has 1 aromatic heterocycles. The molecule has 0 aliphatic heterocycles. The van der Waals surface area contributed by atoms with Crippen molar-refractivity contribution >= 4 is 16.9 Å². The minimum Gasteiger partial charge on any atom is -0.489 e. The van der Waals surface area contributed by atoms with E-state index >= 15 is 0 Å². The molecule has 1 aromatic carbocycles. The summed E-state index contributed by atoms with van der Waals surface area (Å²) in [5.41, 5.74) is -1.11. The molecule has 0 bridgehead atoms. The van der Waals surface area contributed by atoms with Gasteiger partial charge in [-0.2, -0.15) is 0 Å². The Morgan fingerprint density at radius 3 is 2.76 bits per heavy atom. The summed E-state index contributed by atoms with van der Waals surface area (Å²) in [7, 11) is 1.14. The Morgan fingerprint density at radius 1 is 1.47 bits per heavy atom. The molecule has 1 heterocycles. The van der Waals surface area contributed by atoms with Crippen molar-refractivity contribution in [1.82, 2.24) is 0 Å². The maximum atomic E-state index is 13.4. The predicted molar refractivity (Wildman–Crippen MR) is 56.0 cm³/mol. The molecule has 0 atom stereocenters. The molecule has 17 heavy (non-hydrogen) atoms. The fourth-order valence-electron chi connectivity index (χ4n) is 1.49. The highest BCUT2D eigenvalue weighted by Crippen LogP contribution is 2.22. The normalized spacial score (nSPS) is 10.5. The van der Waals surface area contributed by atoms with Crippen LogP contribution < -0.4 is 10.2 Å². The van der Waals surface area contributed by atoms with Gasteiger partial charge in [0, 0.05) is 0 Å². The zero-order chi connectivity index (χ0) is 12.6. The monoisotopic (exact) mass is 238 g/mol. The lowest BCUT2D eigenvalue weighted by Crippen LogP contribution is -2.12. The number of para-hydroxylation sites is 1. The molecule has 0 aliphatic rings. The molecule has 0 spiro atoms. The van der Waals surface area contributed by atoms with Gasteiger partial charge in [0.15, 0.2) is 11.4 Å². The fraction of sp³-hybridized carbons (Fsp3) is 0.0909. The first-order valence-corrected chi connectivity index (χ1v) is 4.59. The number of rotatable bonds is 2. The summed E-state index contributed by atoms with van der Waals surface area (Å²) in [6.07, 6.45) is 0. The van der Waals surface area contributed by atoms with Crippen LogP contribution in [0.2, 0.25) is 0 Å². The third-order valence-corrected chi connectivity index (χ3v) is 2.23. The van der Waals surface area contributed by atoms with Crippen LogP contribution in [0.3, 0.4) is 0 Å². The van der Waals surface area contributed by atoms with Gasteiger partial charge in [0.1, 0.15) is 0 Å². The molecule has 0 radical (unpaired) electrons. The van der Waals surface area contributed by atoms with Crippen molar-refractivity contribution in [1.29, 1.82) is 0 Å². The van der Waals surface area contributed by atoms with Gasteiger partial charge in [-0.05, 0) is 12.1 Å². The number of halogens is 1. The maximum Gasteiger partial charge on any atom is 0.375 e. The molecule has 88 valence electrons. The van der Waals surface area contributed by atoms with E-state index in [-0.39, 0.29) is 5.39 Å². The van der Waals surface area contributed by atoms with Gasteiger partial charge in [0.05, 0.1) is 12.5 Å². The SMILES string of the molecule is COc1c(C(=O)O)oc2c(F)cccc2c1=O. The smallest absolute Gasteiger partial charge is 0.375 e. The summed E-state index contributed by atoms with van der Waals surface area (Å²) in [5, 5.41) is 8.77. The predicted octanol–water partition coefficient (Wildman–Crippen LogP) is 1.64. The summed E-state index contributed by atoms with van der Waals surface area (Å²) < 4.78 is 22.9. The Kier molecular flexibility index (Phi) is 2.55. The molecule has 6 heteroatoms. The van der Waals surface area contributed by atoms with Crippen LogP contribution in [0.1, 0.15) is 10.6 Å². The summed E-state index contributed by atoms with van der Waals surface area (Å²) in [5.74, 6) is -3.46. The molecule has 5 nitrogen and oxygen atoms in total. The van der Waals surface area contributed by atoms with E-state index in [0.29, 0.717) is 0 Å².